The Kier molecular flexibility index (Phi) is 15.6. The lowest BCUT2D eigenvalue weighted by atomic mass is 10.1. The molecule has 0 radical (unpaired) electrons. The second-order valence-corrected chi connectivity index (χ2v) is 11.7. The van der Waals surface area contributed by atoms with E-state index in [-0.39, 0.29) is 25.6 Å². The van der Waals surface area contributed by atoms with Crippen molar-refractivity contribution >= 4 is 27.7 Å². The molecule has 11 heteroatoms. The molecule has 0 bridgehead atoms. The van der Waals surface area contributed by atoms with Crippen molar-refractivity contribution in [2.75, 3.05) is 32.0 Å². The van der Waals surface area contributed by atoms with Crippen molar-refractivity contribution in [1.82, 2.24) is 15.5 Å². The lowest BCUT2D eigenvalue weighted by Crippen LogP contribution is -2.53. The van der Waals surface area contributed by atoms with E-state index in [1.807, 2.05) is 45.0 Å². The number of ether oxygens (including phenoxy) is 1. The molecule has 0 spiro atoms. The van der Waals surface area contributed by atoms with Crippen LogP contribution in [0.4, 0.5) is 4.79 Å². The molecule has 1 rings (SSSR count). The zero-order valence-corrected chi connectivity index (χ0v) is 24.1. The number of amides is 3. The van der Waals surface area contributed by atoms with Crippen LogP contribution in [0, 0.1) is 0 Å². The van der Waals surface area contributed by atoms with Crippen LogP contribution in [0.5, 0.6) is 0 Å². The molecule has 10 nitrogen and oxygen atoms in total. The minimum atomic E-state index is -3.71. The highest BCUT2D eigenvalue weighted by Gasteiger charge is 2.34. The molecular formula is C27H46N4O6S. The first-order valence-electron chi connectivity index (χ1n) is 13.5. The Morgan fingerprint density at radius 1 is 1.08 bits per heavy atom. The molecule has 0 heterocycles. The number of hydrogen-bond donors (Lipinski definition) is 3. The number of alkyl carbamates (subject to hydrolysis) is 1. The van der Waals surface area contributed by atoms with Crippen molar-refractivity contribution in [3.8, 4) is 0 Å². The first kappa shape index (κ1) is 33.4. The van der Waals surface area contributed by atoms with Gasteiger partial charge >= 0.3 is 6.09 Å². The van der Waals surface area contributed by atoms with E-state index in [0.717, 1.165) is 17.5 Å². The van der Waals surface area contributed by atoms with Crippen LogP contribution >= 0.6 is 0 Å². The number of carbonyl (C=O) groups is 3. The predicted molar refractivity (Wildman–Crippen MR) is 149 cm³/mol. The Balaban J connectivity index is 3.22. The van der Waals surface area contributed by atoms with E-state index in [1.54, 1.807) is 4.90 Å². The molecule has 1 atom stereocenters. The van der Waals surface area contributed by atoms with E-state index in [2.05, 4.69) is 10.6 Å². The van der Waals surface area contributed by atoms with E-state index < -0.39 is 38.9 Å². The molecule has 0 unspecified atom stereocenters. The first-order valence-corrected chi connectivity index (χ1v) is 15.2. The second kappa shape index (κ2) is 17.8. The van der Waals surface area contributed by atoms with Gasteiger partial charge < -0.3 is 26.0 Å². The number of hydrogen-bond acceptors (Lipinski definition) is 7. The number of nitrogens with one attached hydrogen (secondary N) is 2. The Hall–Kier alpha value is -2.66. The van der Waals surface area contributed by atoms with Gasteiger partial charge in [0.25, 0.3) is 0 Å². The fraction of sp³-hybridized carbons (Fsp3) is 0.667. The number of aryl methyl sites for hydroxylation is 1. The highest BCUT2D eigenvalue weighted by atomic mass is 32.2. The van der Waals surface area contributed by atoms with Crippen molar-refractivity contribution in [2.45, 2.75) is 84.1 Å². The Morgan fingerprint density at radius 3 is 2.32 bits per heavy atom. The monoisotopic (exact) mass is 554 g/mol. The maximum atomic E-state index is 13.8. The largest absolute Gasteiger partial charge is 0.448 e. The van der Waals surface area contributed by atoms with Crippen molar-refractivity contribution < 1.29 is 27.5 Å². The quantitative estimate of drug-likeness (QED) is 0.236. The Labute approximate surface area is 228 Å². The molecular weight excluding hydrogens is 508 g/mol. The third-order valence-corrected chi connectivity index (χ3v) is 8.43. The predicted octanol–water partition coefficient (Wildman–Crippen LogP) is 2.54. The molecule has 0 aromatic heterocycles. The molecule has 1 aromatic carbocycles. The third-order valence-electron chi connectivity index (χ3n) is 6.14. The van der Waals surface area contributed by atoms with E-state index >= 15 is 0 Å². The van der Waals surface area contributed by atoms with Crippen molar-refractivity contribution in [3.63, 3.8) is 0 Å². The minimum Gasteiger partial charge on any atom is -0.448 e. The molecule has 38 heavy (non-hydrogen) atoms. The number of benzene rings is 1. The van der Waals surface area contributed by atoms with Gasteiger partial charge in [0.1, 0.15) is 12.6 Å². The lowest BCUT2D eigenvalue weighted by molar-refractivity contribution is -0.133. The van der Waals surface area contributed by atoms with Crippen molar-refractivity contribution in [3.05, 3.63) is 35.4 Å². The summed E-state index contributed by atoms with van der Waals surface area (Å²) in [6.45, 7) is 8.14. The SMILES string of the molecule is CCCC(CCC)S(=O)(=O)C[C@@H](NC(=O)OCCNC(C)=O)C(=O)N(CCCN)Cc1cccc(CC)c1. The summed E-state index contributed by atoms with van der Waals surface area (Å²) in [6.07, 6.45) is 2.80. The van der Waals surface area contributed by atoms with Crippen LogP contribution in [0.3, 0.4) is 0 Å². The van der Waals surface area contributed by atoms with Gasteiger partial charge in [-0.3, -0.25) is 9.59 Å². The fourth-order valence-corrected chi connectivity index (χ4v) is 6.34. The number of rotatable bonds is 18. The number of carbonyl (C=O) groups excluding carboxylic acids is 3. The van der Waals surface area contributed by atoms with Gasteiger partial charge in [-0.15, -0.1) is 0 Å². The standard InChI is InChI=1S/C27H46N4O6S/c1-5-10-24(11-6-2)38(35,36)20-25(30-27(34)37-17-15-29-21(4)32)26(33)31(16-9-14-28)19-23-13-8-12-22(7-3)18-23/h8,12-13,18,24-25H,5-7,9-11,14-17,19-20,28H2,1-4H3,(H,29,32)(H,30,34)/t25-/m1/s1. The highest BCUT2D eigenvalue weighted by molar-refractivity contribution is 7.92. The Morgan fingerprint density at radius 2 is 1.74 bits per heavy atom. The van der Waals surface area contributed by atoms with Gasteiger partial charge in [0.2, 0.25) is 11.8 Å². The normalized spacial score (nSPS) is 12.2. The average Bonchev–Trinajstić information content (AvgIpc) is 2.88. The van der Waals surface area contributed by atoms with Crippen LogP contribution in [0.15, 0.2) is 24.3 Å². The Bertz CT molecular complexity index is 980. The lowest BCUT2D eigenvalue weighted by Gasteiger charge is -2.29. The summed E-state index contributed by atoms with van der Waals surface area (Å²) in [7, 11) is -3.71. The molecule has 0 fully saturated rings. The summed E-state index contributed by atoms with van der Waals surface area (Å²) < 4.78 is 31.9. The van der Waals surface area contributed by atoms with Crippen molar-refractivity contribution in [2.24, 2.45) is 5.73 Å². The molecule has 1 aromatic rings. The summed E-state index contributed by atoms with van der Waals surface area (Å²) in [5.41, 5.74) is 7.74. The second-order valence-electron chi connectivity index (χ2n) is 9.42. The molecule has 4 N–H and O–H groups in total. The van der Waals surface area contributed by atoms with E-state index in [1.165, 1.54) is 6.92 Å². The molecule has 0 aliphatic heterocycles. The maximum Gasteiger partial charge on any atom is 0.407 e. The van der Waals surface area contributed by atoms with Crippen LogP contribution in [0.2, 0.25) is 0 Å². The van der Waals surface area contributed by atoms with E-state index in [9.17, 15) is 22.8 Å². The van der Waals surface area contributed by atoms with Crippen LogP contribution < -0.4 is 16.4 Å². The van der Waals surface area contributed by atoms with Crippen LogP contribution in [0.1, 0.15) is 70.9 Å². The number of nitrogens with zero attached hydrogens (tertiary/aromatic N) is 1. The maximum absolute atomic E-state index is 13.8. The van der Waals surface area contributed by atoms with Gasteiger partial charge in [-0.05, 0) is 43.4 Å². The van der Waals surface area contributed by atoms with Gasteiger partial charge in [0.15, 0.2) is 9.84 Å². The average molecular weight is 555 g/mol. The van der Waals surface area contributed by atoms with E-state index in [0.29, 0.717) is 45.2 Å². The van der Waals surface area contributed by atoms with Crippen molar-refractivity contribution in [1.29, 1.82) is 0 Å². The number of sulfone groups is 1. The van der Waals surface area contributed by atoms with Crippen LogP contribution in [0.25, 0.3) is 0 Å². The van der Waals surface area contributed by atoms with Gasteiger partial charge in [0.05, 0.1) is 17.5 Å². The van der Waals surface area contributed by atoms with Gasteiger partial charge in [-0.25, -0.2) is 13.2 Å². The third kappa shape index (κ3) is 12.3. The minimum absolute atomic E-state index is 0.102. The first-order chi connectivity index (χ1) is 18.1. The molecule has 0 aliphatic rings. The summed E-state index contributed by atoms with van der Waals surface area (Å²) in [6, 6.07) is 6.53. The summed E-state index contributed by atoms with van der Waals surface area (Å²) in [5.74, 6) is -1.30. The zero-order chi connectivity index (χ0) is 28.6. The topological polar surface area (TPSA) is 148 Å². The van der Waals surface area contributed by atoms with Gasteiger partial charge in [-0.1, -0.05) is 57.9 Å². The molecule has 0 saturated heterocycles. The smallest absolute Gasteiger partial charge is 0.407 e. The summed E-state index contributed by atoms with van der Waals surface area (Å²) >= 11 is 0. The van der Waals surface area contributed by atoms with E-state index in [4.69, 9.17) is 10.5 Å². The van der Waals surface area contributed by atoms with Gasteiger partial charge in [0, 0.05) is 20.0 Å². The summed E-state index contributed by atoms with van der Waals surface area (Å²) in [4.78, 5) is 38.9. The zero-order valence-electron chi connectivity index (χ0n) is 23.3. The molecule has 0 aliphatic carbocycles. The highest BCUT2D eigenvalue weighted by Crippen LogP contribution is 2.18. The molecule has 216 valence electrons. The fourth-order valence-electron chi connectivity index (χ4n) is 4.18. The van der Waals surface area contributed by atoms with Gasteiger partial charge in [-0.2, -0.15) is 0 Å². The van der Waals surface area contributed by atoms with Crippen LogP contribution in [-0.2, 0) is 37.1 Å². The molecule has 3 amide bonds. The number of nitrogens with two attached hydrogens (primary N) is 1. The molecule has 0 saturated carbocycles. The van der Waals surface area contributed by atoms with Crippen LogP contribution in [-0.4, -0.2) is 74.5 Å². The summed E-state index contributed by atoms with van der Waals surface area (Å²) in [5, 5.41) is 4.41.